The Morgan fingerprint density at radius 2 is 1.82 bits per heavy atom. The first kappa shape index (κ1) is 20.7. The van der Waals surface area contributed by atoms with E-state index >= 15 is 0 Å². The number of hydrogen-bond acceptors (Lipinski definition) is 4. The van der Waals surface area contributed by atoms with Gasteiger partial charge < -0.3 is 20.3 Å². The second-order valence-corrected chi connectivity index (χ2v) is 5.98. The molecule has 5 nitrogen and oxygen atoms in total. The maximum absolute atomic E-state index is 11.2. The lowest BCUT2D eigenvalue weighted by molar-refractivity contribution is -0.142. The molecule has 0 fully saturated rings. The van der Waals surface area contributed by atoms with Crippen LogP contribution >= 0.6 is 12.4 Å². The molecule has 0 amide bonds. The maximum atomic E-state index is 11.2. The van der Waals surface area contributed by atoms with Crippen molar-refractivity contribution in [3.63, 3.8) is 0 Å². The molecule has 0 aromatic heterocycles. The van der Waals surface area contributed by atoms with Gasteiger partial charge in [-0.15, -0.1) is 12.4 Å². The number of hydrogen-bond donors (Lipinski definition) is 3. The summed E-state index contributed by atoms with van der Waals surface area (Å²) in [7, 11) is 0. The molecule has 0 aliphatic heterocycles. The maximum Gasteiger partial charge on any atom is 0.313 e. The van der Waals surface area contributed by atoms with Crippen LogP contribution in [-0.2, 0) is 10.2 Å². The van der Waals surface area contributed by atoms with Gasteiger partial charge in [0, 0.05) is 12.6 Å². The Bertz CT molecular complexity index is 460. The van der Waals surface area contributed by atoms with Gasteiger partial charge in [0.2, 0.25) is 0 Å². The molecule has 1 atom stereocenters. The van der Waals surface area contributed by atoms with Crippen molar-refractivity contribution < 1.29 is 19.7 Å². The first-order chi connectivity index (χ1) is 9.73. The van der Waals surface area contributed by atoms with E-state index in [1.54, 1.807) is 38.1 Å². The Kier molecular flexibility index (Phi) is 8.45. The summed E-state index contributed by atoms with van der Waals surface area (Å²) in [6.45, 7) is 8.01. The molecule has 126 valence electrons. The molecule has 22 heavy (non-hydrogen) atoms. The lowest BCUT2D eigenvalue weighted by Crippen LogP contribution is -2.35. The number of carboxylic acids is 1. The largest absolute Gasteiger partial charge is 0.491 e. The van der Waals surface area contributed by atoms with Crippen molar-refractivity contribution >= 4 is 18.4 Å². The zero-order valence-electron chi connectivity index (χ0n) is 13.5. The molecular formula is C16H26ClNO4. The van der Waals surface area contributed by atoms with Gasteiger partial charge in [-0.05, 0) is 31.5 Å². The number of nitrogens with one attached hydrogen (secondary N) is 1. The summed E-state index contributed by atoms with van der Waals surface area (Å²) in [6, 6.07) is 7.24. The summed E-state index contributed by atoms with van der Waals surface area (Å²) >= 11 is 0. The normalized spacial score (nSPS) is 12.6. The minimum atomic E-state index is -0.931. The molecule has 0 bridgehead atoms. The number of aliphatic carboxylic acids is 1. The fourth-order valence-electron chi connectivity index (χ4n) is 1.71. The van der Waals surface area contributed by atoms with Crippen LogP contribution in [0.4, 0.5) is 0 Å². The molecule has 1 aromatic carbocycles. The molecule has 0 saturated carbocycles. The average Bonchev–Trinajstić information content (AvgIpc) is 2.43. The zero-order chi connectivity index (χ0) is 16.0. The van der Waals surface area contributed by atoms with Crippen LogP contribution in [0, 0.1) is 0 Å². The number of aliphatic hydroxyl groups is 1. The molecule has 1 aromatic rings. The monoisotopic (exact) mass is 331 g/mol. The lowest BCUT2D eigenvalue weighted by Gasteiger charge is -2.20. The Morgan fingerprint density at radius 1 is 1.27 bits per heavy atom. The van der Waals surface area contributed by atoms with Crippen LogP contribution in [0.15, 0.2) is 24.3 Å². The Hall–Kier alpha value is -1.30. The van der Waals surface area contributed by atoms with Gasteiger partial charge in [-0.2, -0.15) is 0 Å². The van der Waals surface area contributed by atoms with Crippen molar-refractivity contribution in [3.05, 3.63) is 29.8 Å². The highest BCUT2D eigenvalue weighted by Crippen LogP contribution is 2.25. The smallest absolute Gasteiger partial charge is 0.313 e. The topological polar surface area (TPSA) is 78.8 Å². The second kappa shape index (κ2) is 8.98. The highest BCUT2D eigenvalue weighted by Gasteiger charge is 2.29. The van der Waals surface area contributed by atoms with Crippen LogP contribution in [0.5, 0.6) is 5.75 Å². The van der Waals surface area contributed by atoms with Gasteiger partial charge in [-0.1, -0.05) is 26.0 Å². The summed E-state index contributed by atoms with van der Waals surface area (Å²) in [4.78, 5) is 11.2. The zero-order valence-corrected chi connectivity index (χ0v) is 14.3. The predicted molar refractivity (Wildman–Crippen MR) is 89.0 cm³/mol. The first-order valence-corrected chi connectivity index (χ1v) is 7.11. The van der Waals surface area contributed by atoms with Crippen LogP contribution < -0.4 is 10.1 Å². The van der Waals surface area contributed by atoms with Gasteiger partial charge in [0.25, 0.3) is 0 Å². The van der Waals surface area contributed by atoms with E-state index in [1.807, 2.05) is 13.8 Å². The summed E-state index contributed by atoms with van der Waals surface area (Å²) < 4.78 is 5.49. The molecule has 0 saturated heterocycles. The van der Waals surface area contributed by atoms with Crippen molar-refractivity contribution in [1.29, 1.82) is 0 Å². The van der Waals surface area contributed by atoms with Crippen LogP contribution in [0.25, 0.3) is 0 Å². The molecule has 0 aliphatic carbocycles. The third-order valence-electron chi connectivity index (χ3n) is 3.31. The van der Waals surface area contributed by atoms with Crippen molar-refractivity contribution in [3.8, 4) is 5.75 Å². The van der Waals surface area contributed by atoms with E-state index in [4.69, 9.17) is 4.74 Å². The number of carboxylic acid groups (broad SMARTS) is 1. The Labute approximate surface area is 138 Å². The third kappa shape index (κ3) is 6.22. The van der Waals surface area contributed by atoms with Crippen LogP contribution in [0.1, 0.15) is 33.3 Å². The minimum Gasteiger partial charge on any atom is -0.491 e. The van der Waals surface area contributed by atoms with Crippen molar-refractivity contribution in [2.75, 3.05) is 13.2 Å². The highest BCUT2D eigenvalue weighted by molar-refractivity contribution is 5.85. The fourth-order valence-corrected chi connectivity index (χ4v) is 1.71. The van der Waals surface area contributed by atoms with Gasteiger partial charge in [-0.25, -0.2) is 0 Å². The summed E-state index contributed by atoms with van der Waals surface area (Å²) in [5.74, 6) is -0.255. The van der Waals surface area contributed by atoms with E-state index in [0.717, 1.165) is 0 Å². The van der Waals surface area contributed by atoms with E-state index in [0.29, 0.717) is 23.9 Å². The number of aliphatic hydroxyl groups excluding tert-OH is 1. The van der Waals surface area contributed by atoms with E-state index in [-0.39, 0.29) is 19.0 Å². The van der Waals surface area contributed by atoms with Gasteiger partial charge >= 0.3 is 5.97 Å². The summed E-state index contributed by atoms with van der Waals surface area (Å²) in [5, 5.41) is 22.1. The minimum absolute atomic E-state index is 0. The van der Waals surface area contributed by atoms with Crippen molar-refractivity contribution in [2.24, 2.45) is 0 Å². The van der Waals surface area contributed by atoms with Gasteiger partial charge in [0.05, 0.1) is 5.41 Å². The molecular weight excluding hydrogens is 306 g/mol. The predicted octanol–water partition coefficient (Wildman–Crippen LogP) is 2.21. The second-order valence-electron chi connectivity index (χ2n) is 5.98. The van der Waals surface area contributed by atoms with E-state index in [9.17, 15) is 15.0 Å². The Balaban J connectivity index is 0.00000441. The Morgan fingerprint density at radius 3 is 2.27 bits per heavy atom. The number of halogens is 1. The molecule has 1 rings (SSSR count). The van der Waals surface area contributed by atoms with Crippen LogP contribution in [0.2, 0.25) is 0 Å². The van der Waals surface area contributed by atoms with Crippen LogP contribution in [-0.4, -0.2) is 41.5 Å². The summed E-state index contributed by atoms with van der Waals surface area (Å²) in [5.41, 5.74) is -0.219. The van der Waals surface area contributed by atoms with E-state index in [2.05, 4.69) is 5.32 Å². The summed E-state index contributed by atoms with van der Waals surface area (Å²) in [6.07, 6.45) is -0.581. The molecule has 6 heteroatoms. The van der Waals surface area contributed by atoms with Gasteiger partial charge in [0.15, 0.2) is 0 Å². The molecule has 0 radical (unpaired) electrons. The lowest BCUT2D eigenvalue weighted by atomic mass is 9.85. The third-order valence-corrected chi connectivity index (χ3v) is 3.31. The molecule has 0 heterocycles. The fraction of sp³-hybridized carbons (Fsp3) is 0.562. The number of ether oxygens (including phenoxy) is 1. The number of carbonyl (C=O) groups is 1. The molecule has 1 unspecified atom stereocenters. The average molecular weight is 332 g/mol. The van der Waals surface area contributed by atoms with Crippen molar-refractivity contribution in [1.82, 2.24) is 5.32 Å². The van der Waals surface area contributed by atoms with E-state index < -0.39 is 17.5 Å². The first-order valence-electron chi connectivity index (χ1n) is 7.11. The molecule has 0 aliphatic rings. The highest BCUT2D eigenvalue weighted by atomic mass is 35.5. The SMILES string of the molecule is CC(C)NCC(O)COc1ccc(C(C)(C)C(=O)O)cc1.Cl. The standard InChI is InChI=1S/C16H25NO4.ClH/c1-11(2)17-9-13(18)10-21-14-7-5-12(6-8-14)16(3,4)15(19)20;/h5-8,11,13,17-18H,9-10H2,1-4H3,(H,19,20);1H. The molecule has 0 spiro atoms. The molecule has 3 N–H and O–H groups in total. The van der Waals surface area contributed by atoms with Gasteiger partial charge in [0.1, 0.15) is 18.5 Å². The number of rotatable bonds is 8. The van der Waals surface area contributed by atoms with Gasteiger partial charge in [-0.3, -0.25) is 4.79 Å². The van der Waals surface area contributed by atoms with E-state index in [1.165, 1.54) is 0 Å². The van der Waals surface area contributed by atoms with Crippen LogP contribution in [0.3, 0.4) is 0 Å². The quantitative estimate of drug-likeness (QED) is 0.680. The van der Waals surface area contributed by atoms with Crippen molar-refractivity contribution in [2.45, 2.75) is 45.3 Å². The number of benzene rings is 1.